The van der Waals surface area contributed by atoms with Crippen LogP contribution in [0, 0.1) is 5.92 Å². The van der Waals surface area contributed by atoms with Gasteiger partial charge in [0, 0.05) is 25.3 Å². The van der Waals surface area contributed by atoms with Crippen LogP contribution >= 0.6 is 0 Å². The molecule has 66 valence electrons. The smallest absolute Gasteiger partial charge is 0.242 e. The molecule has 2 nitrogen and oxygen atoms in total. The maximum atomic E-state index is 12.1. The first-order valence-corrected chi connectivity index (χ1v) is 4.99. The minimum absolute atomic E-state index is 0.279. The summed E-state index contributed by atoms with van der Waals surface area (Å²) in [6, 6.07) is 0. The third-order valence-electron chi connectivity index (χ3n) is 1.91. The second-order valence-electron chi connectivity index (χ2n) is 2.69. The Kier molecular flexibility index (Phi) is 2.95. The summed E-state index contributed by atoms with van der Waals surface area (Å²) in [5.41, 5.74) is 0. The molecule has 1 fully saturated rings. The summed E-state index contributed by atoms with van der Waals surface area (Å²) >= 11 is 0. The fourth-order valence-corrected chi connectivity index (χ4v) is 1.96. The lowest BCUT2D eigenvalue weighted by atomic mass is 10.1. The fourth-order valence-electron chi connectivity index (χ4n) is 1.19. The van der Waals surface area contributed by atoms with Crippen molar-refractivity contribution in [3.8, 4) is 0 Å². The molecule has 1 rings (SSSR count). The van der Waals surface area contributed by atoms with Gasteiger partial charge in [-0.05, 0) is 6.42 Å². The quantitative estimate of drug-likeness (QED) is 0.622. The Morgan fingerprint density at radius 2 is 2.27 bits per heavy atom. The van der Waals surface area contributed by atoms with Gasteiger partial charge in [-0.25, -0.2) is 17.3 Å². The Balaban J connectivity index is 2.41. The van der Waals surface area contributed by atoms with Gasteiger partial charge in [-0.15, -0.1) is 0 Å². The molecule has 11 heavy (non-hydrogen) atoms. The van der Waals surface area contributed by atoms with Crippen LogP contribution in [-0.4, -0.2) is 34.3 Å². The Morgan fingerprint density at radius 1 is 1.64 bits per heavy atom. The van der Waals surface area contributed by atoms with E-state index in [0.29, 0.717) is 13.0 Å². The van der Waals surface area contributed by atoms with E-state index in [9.17, 15) is 13.0 Å². The first kappa shape index (κ1) is 9.06. The standard InChI is InChI=1S/C6H11F2NOS/c1-11(10)9-3-2-5(4-9)6(7)8/h5-6H,2-4H2,1H3. The van der Waals surface area contributed by atoms with E-state index in [0.717, 1.165) is 0 Å². The van der Waals surface area contributed by atoms with Crippen molar-refractivity contribution in [1.29, 1.82) is 0 Å². The summed E-state index contributed by atoms with van der Waals surface area (Å²) in [5, 5.41) is 0. The summed E-state index contributed by atoms with van der Waals surface area (Å²) in [7, 11) is -1.08. The van der Waals surface area contributed by atoms with Crippen molar-refractivity contribution in [2.24, 2.45) is 5.92 Å². The Hall–Kier alpha value is -0.0300. The van der Waals surface area contributed by atoms with Gasteiger partial charge < -0.3 is 0 Å². The molecule has 0 aliphatic carbocycles. The molecule has 1 aliphatic heterocycles. The van der Waals surface area contributed by atoms with Crippen molar-refractivity contribution in [3.05, 3.63) is 0 Å². The summed E-state index contributed by atoms with van der Waals surface area (Å²) < 4.78 is 36.5. The molecular formula is C6H11F2NOS. The maximum Gasteiger partial charge on any atom is 0.242 e. The van der Waals surface area contributed by atoms with Crippen LogP contribution in [0.15, 0.2) is 0 Å². The van der Waals surface area contributed by atoms with Gasteiger partial charge in [-0.2, -0.15) is 0 Å². The number of nitrogens with zero attached hydrogens (tertiary/aromatic N) is 1. The van der Waals surface area contributed by atoms with E-state index in [4.69, 9.17) is 0 Å². The molecule has 0 amide bonds. The molecule has 2 unspecified atom stereocenters. The zero-order chi connectivity index (χ0) is 8.43. The van der Waals surface area contributed by atoms with E-state index >= 15 is 0 Å². The Morgan fingerprint density at radius 3 is 2.55 bits per heavy atom. The van der Waals surface area contributed by atoms with Crippen LogP contribution in [-0.2, 0) is 11.0 Å². The van der Waals surface area contributed by atoms with Crippen molar-refractivity contribution in [2.45, 2.75) is 12.8 Å². The predicted molar refractivity (Wildman–Crippen MR) is 39.8 cm³/mol. The molecule has 2 atom stereocenters. The van der Waals surface area contributed by atoms with Crippen LogP contribution in [0.3, 0.4) is 0 Å². The van der Waals surface area contributed by atoms with Crippen molar-refractivity contribution >= 4 is 11.0 Å². The van der Waals surface area contributed by atoms with Gasteiger partial charge in [0.15, 0.2) is 0 Å². The number of halogens is 2. The highest BCUT2D eigenvalue weighted by atomic mass is 32.2. The van der Waals surface area contributed by atoms with E-state index in [1.807, 2.05) is 0 Å². The van der Waals surface area contributed by atoms with E-state index in [1.54, 1.807) is 4.31 Å². The summed E-state index contributed by atoms with van der Waals surface area (Å²) in [4.78, 5) is 0. The summed E-state index contributed by atoms with van der Waals surface area (Å²) in [6.07, 6.45) is -0.269. The molecule has 0 bridgehead atoms. The number of hydrogen-bond donors (Lipinski definition) is 0. The molecule has 0 aromatic rings. The van der Waals surface area contributed by atoms with E-state index in [-0.39, 0.29) is 6.54 Å². The van der Waals surface area contributed by atoms with Gasteiger partial charge in [0.2, 0.25) is 6.43 Å². The van der Waals surface area contributed by atoms with Crippen LogP contribution < -0.4 is 0 Å². The molecule has 1 saturated heterocycles. The Labute approximate surface area is 67.2 Å². The zero-order valence-electron chi connectivity index (χ0n) is 6.30. The highest BCUT2D eigenvalue weighted by molar-refractivity contribution is 7.81. The predicted octanol–water partition coefficient (Wildman–Crippen LogP) is 0.867. The molecule has 1 heterocycles. The van der Waals surface area contributed by atoms with Gasteiger partial charge in [0.05, 0.1) is 11.0 Å². The lowest BCUT2D eigenvalue weighted by Crippen LogP contribution is -2.23. The summed E-state index contributed by atoms with van der Waals surface area (Å²) in [5.74, 6) is -0.570. The van der Waals surface area contributed by atoms with Crippen LogP contribution in [0.1, 0.15) is 6.42 Å². The highest BCUT2D eigenvalue weighted by Crippen LogP contribution is 2.22. The van der Waals surface area contributed by atoms with Gasteiger partial charge >= 0.3 is 0 Å². The molecule has 5 heteroatoms. The maximum absolute atomic E-state index is 12.1. The second-order valence-corrected chi connectivity index (χ2v) is 4.06. The lowest BCUT2D eigenvalue weighted by molar-refractivity contribution is 0.0847. The van der Waals surface area contributed by atoms with E-state index in [2.05, 4.69) is 0 Å². The molecule has 0 aromatic heterocycles. The average molecular weight is 183 g/mol. The van der Waals surface area contributed by atoms with Crippen LogP contribution in [0.25, 0.3) is 0 Å². The molecular weight excluding hydrogens is 172 g/mol. The lowest BCUT2D eigenvalue weighted by Gasteiger charge is -2.10. The number of rotatable bonds is 2. The highest BCUT2D eigenvalue weighted by Gasteiger charge is 2.30. The Bertz CT molecular complexity index is 165. The SMILES string of the molecule is CS(=O)N1CCC(C(F)F)C1. The fraction of sp³-hybridized carbons (Fsp3) is 1.00. The first-order chi connectivity index (χ1) is 5.11. The average Bonchev–Trinajstić information content (AvgIpc) is 2.33. The third kappa shape index (κ3) is 2.20. The molecule has 0 saturated carbocycles. The molecule has 0 N–H and O–H groups in total. The van der Waals surface area contributed by atoms with Gasteiger partial charge in [-0.3, -0.25) is 0 Å². The zero-order valence-corrected chi connectivity index (χ0v) is 7.11. The van der Waals surface area contributed by atoms with Gasteiger partial charge in [0.25, 0.3) is 0 Å². The normalized spacial score (nSPS) is 29.6. The van der Waals surface area contributed by atoms with Crippen LogP contribution in [0.5, 0.6) is 0 Å². The summed E-state index contributed by atoms with van der Waals surface area (Å²) in [6.45, 7) is 0.818. The van der Waals surface area contributed by atoms with Crippen molar-refractivity contribution in [3.63, 3.8) is 0 Å². The minimum atomic E-state index is -2.26. The molecule has 0 aromatic carbocycles. The van der Waals surface area contributed by atoms with Crippen LogP contribution in [0.4, 0.5) is 8.78 Å². The second kappa shape index (κ2) is 3.58. The van der Waals surface area contributed by atoms with Gasteiger partial charge in [0.1, 0.15) is 0 Å². The van der Waals surface area contributed by atoms with E-state index < -0.39 is 23.3 Å². The van der Waals surface area contributed by atoms with Crippen molar-refractivity contribution in [2.75, 3.05) is 19.3 Å². The van der Waals surface area contributed by atoms with Crippen molar-refractivity contribution in [1.82, 2.24) is 4.31 Å². The minimum Gasteiger partial charge on any atom is -0.243 e. The van der Waals surface area contributed by atoms with Gasteiger partial charge in [-0.1, -0.05) is 0 Å². The topological polar surface area (TPSA) is 20.3 Å². The monoisotopic (exact) mass is 183 g/mol. The largest absolute Gasteiger partial charge is 0.243 e. The molecule has 1 aliphatic rings. The van der Waals surface area contributed by atoms with Crippen molar-refractivity contribution < 1.29 is 13.0 Å². The van der Waals surface area contributed by atoms with Crippen LogP contribution in [0.2, 0.25) is 0 Å². The molecule has 0 spiro atoms. The van der Waals surface area contributed by atoms with E-state index in [1.165, 1.54) is 6.26 Å². The molecule has 0 radical (unpaired) electrons. The third-order valence-corrected chi connectivity index (χ3v) is 2.97. The number of alkyl halides is 2. The number of hydrogen-bond acceptors (Lipinski definition) is 1. The first-order valence-electron chi connectivity index (χ1n) is 3.48.